The van der Waals surface area contributed by atoms with Gasteiger partial charge in [0.15, 0.2) is 0 Å². The number of carboxylic acids is 3. The van der Waals surface area contributed by atoms with Crippen molar-refractivity contribution in [2.75, 3.05) is 16.0 Å². The quantitative estimate of drug-likeness (QED) is 0.101. The van der Waals surface area contributed by atoms with Gasteiger partial charge in [0.05, 0.1) is 15.4 Å². The van der Waals surface area contributed by atoms with Gasteiger partial charge in [-0.1, -0.05) is 12.1 Å². The van der Waals surface area contributed by atoms with Crippen LogP contribution in [0, 0.1) is 41.0 Å². The first-order chi connectivity index (χ1) is 21.1. The summed E-state index contributed by atoms with van der Waals surface area (Å²) in [4.78, 5) is 82.5. The summed E-state index contributed by atoms with van der Waals surface area (Å²) in [5.41, 5.74) is 0.466. The Hall–Kier alpha value is -6.72. The third-order valence-corrected chi connectivity index (χ3v) is 5.69. The molecular weight excluding hydrogens is 602 g/mol. The minimum absolute atomic E-state index is 0.0973. The molecule has 0 atom stereocenters. The minimum atomic E-state index is -1.42. The van der Waals surface area contributed by atoms with E-state index in [0.717, 1.165) is 23.8 Å². The molecule has 3 amide bonds. The molecule has 3 aromatic carbocycles. The molecule has 0 aliphatic rings. The number of nitro benzene ring substituents is 2. The van der Waals surface area contributed by atoms with Gasteiger partial charge in [0.1, 0.15) is 16.8 Å². The van der Waals surface area contributed by atoms with E-state index in [2.05, 4.69) is 16.0 Å². The zero-order valence-corrected chi connectivity index (χ0v) is 23.6. The van der Waals surface area contributed by atoms with Crippen molar-refractivity contribution in [1.29, 1.82) is 0 Å². The summed E-state index contributed by atoms with van der Waals surface area (Å²) in [6, 6.07) is 9.25. The van der Waals surface area contributed by atoms with Gasteiger partial charge in [-0.25, -0.2) is 14.4 Å². The second-order valence-electron chi connectivity index (χ2n) is 8.58. The Kier molecular flexibility index (Phi) is 13.4. The molecule has 0 heterocycles. The molecule has 3 aromatic rings. The second kappa shape index (κ2) is 16.7. The Morgan fingerprint density at radius 2 is 1.16 bits per heavy atom. The van der Waals surface area contributed by atoms with Crippen molar-refractivity contribution in [2.24, 2.45) is 0 Å². The Balaban J connectivity index is 0.000000340. The van der Waals surface area contributed by atoms with Crippen LogP contribution in [-0.2, 0) is 14.4 Å². The number of nitrogens with zero attached hydrogens (tertiary/aromatic N) is 2. The predicted molar refractivity (Wildman–Crippen MR) is 157 cm³/mol. The summed E-state index contributed by atoms with van der Waals surface area (Å²) >= 11 is 0. The van der Waals surface area contributed by atoms with Crippen LogP contribution in [0.3, 0.4) is 0 Å². The molecule has 0 bridgehead atoms. The maximum Gasteiger partial charge on any atom is 0.342 e. The number of hydrogen-bond donors (Lipinski definition) is 6. The molecule has 18 heteroatoms. The van der Waals surface area contributed by atoms with E-state index >= 15 is 0 Å². The number of rotatable bonds is 11. The van der Waals surface area contributed by atoms with Crippen molar-refractivity contribution in [3.63, 3.8) is 0 Å². The molecule has 0 aliphatic carbocycles. The highest BCUT2D eigenvalue weighted by Gasteiger charge is 2.26. The maximum absolute atomic E-state index is 10.8. The average Bonchev–Trinajstić information content (AvgIpc) is 2.96. The van der Waals surface area contributed by atoms with Crippen LogP contribution < -0.4 is 16.0 Å². The first-order valence-electron chi connectivity index (χ1n) is 12.1. The van der Waals surface area contributed by atoms with Crippen molar-refractivity contribution in [2.45, 2.75) is 20.8 Å². The largest absolute Gasteiger partial charge is 0.478 e. The first-order valence-corrected chi connectivity index (χ1v) is 12.1. The van der Waals surface area contributed by atoms with Crippen LogP contribution in [0.2, 0.25) is 0 Å². The van der Waals surface area contributed by atoms with Gasteiger partial charge in [-0.2, -0.15) is 0 Å². The van der Waals surface area contributed by atoms with E-state index in [1.807, 2.05) is 0 Å². The summed E-state index contributed by atoms with van der Waals surface area (Å²) < 4.78 is 0. The molecule has 18 nitrogen and oxygen atoms in total. The van der Waals surface area contributed by atoms with Crippen LogP contribution in [0.4, 0.5) is 28.4 Å². The highest BCUT2D eigenvalue weighted by molar-refractivity contribution is 5.98. The lowest BCUT2D eigenvalue weighted by atomic mass is 10.1. The Labute approximate surface area is 252 Å². The molecule has 0 unspecified atom stereocenters. The zero-order chi connectivity index (χ0) is 34.4. The van der Waals surface area contributed by atoms with E-state index in [1.165, 1.54) is 32.0 Å². The summed E-state index contributed by atoms with van der Waals surface area (Å²) in [7, 11) is 0. The number of carbonyl (C=O) groups excluding carboxylic acids is 3. The molecule has 3 rings (SSSR count). The molecule has 0 saturated heterocycles. The summed E-state index contributed by atoms with van der Waals surface area (Å²) in [5.74, 6) is -3.84. The molecular formula is C27H25N5O13. The number of amides is 3. The molecule has 0 saturated carbocycles. The third kappa shape index (κ3) is 9.95. The van der Waals surface area contributed by atoms with E-state index < -0.39 is 50.3 Å². The fourth-order valence-corrected chi connectivity index (χ4v) is 3.50. The highest BCUT2D eigenvalue weighted by Crippen LogP contribution is 2.31. The molecule has 6 N–H and O–H groups in total. The highest BCUT2D eigenvalue weighted by atomic mass is 16.6. The van der Waals surface area contributed by atoms with Gasteiger partial charge in [0, 0.05) is 17.4 Å². The van der Waals surface area contributed by atoms with E-state index in [9.17, 15) is 49.0 Å². The van der Waals surface area contributed by atoms with Crippen molar-refractivity contribution >= 4 is 65.6 Å². The standard InChI is InChI=1S/2C9H8N2O5.C9H9NO3/c1-5-2-8(11(15)16)6(9(13)14)3-7(5)10-4-12;1-5-2-3-6(9(13)14)8(11(15)16)7(5)10-4-12;1-6-2-3-7(9(12)13)4-8(6)10-5-11/h2*2-4H,1H3,(H,10,12)(H,13,14);2-5H,1H3,(H,10,11)(H,12,13). The maximum atomic E-state index is 10.8. The van der Waals surface area contributed by atoms with Crippen molar-refractivity contribution in [1.82, 2.24) is 0 Å². The lowest BCUT2D eigenvalue weighted by Crippen LogP contribution is -2.08. The monoisotopic (exact) mass is 627 g/mol. The van der Waals surface area contributed by atoms with Gasteiger partial charge in [0.2, 0.25) is 19.2 Å². The topological polar surface area (TPSA) is 285 Å². The molecule has 0 radical (unpaired) electrons. The lowest BCUT2D eigenvalue weighted by Gasteiger charge is -2.06. The molecule has 0 aliphatic heterocycles. The van der Waals surface area contributed by atoms with E-state index in [4.69, 9.17) is 15.3 Å². The lowest BCUT2D eigenvalue weighted by molar-refractivity contribution is -0.385. The van der Waals surface area contributed by atoms with Gasteiger partial charge >= 0.3 is 23.6 Å². The molecule has 0 spiro atoms. The summed E-state index contributed by atoms with van der Waals surface area (Å²) in [5, 5.41) is 54.4. The number of nitrogens with one attached hydrogen (secondary N) is 3. The second-order valence-corrected chi connectivity index (χ2v) is 8.58. The van der Waals surface area contributed by atoms with Gasteiger partial charge in [-0.3, -0.25) is 34.6 Å². The van der Waals surface area contributed by atoms with Gasteiger partial charge < -0.3 is 31.3 Å². The van der Waals surface area contributed by atoms with Gasteiger partial charge in [-0.15, -0.1) is 0 Å². The van der Waals surface area contributed by atoms with Crippen molar-refractivity contribution < 1.29 is 53.9 Å². The smallest absolute Gasteiger partial charge is 0.342 e. The van der Waals surface area contributed by atoms with Crippen molar-refractivity contribution in [3.05, 3.63) is 96.1 Å². The number of carboxylic acid groups (broad SMARTS) is 3. The summed E-state index contributed by atoms with van der Waals surface area (Å²) in [6.45, 7) is 4.85. The Morgan fingerprint density at radius 3 is 1.60 bits per heavy atom. The third-order valence-electron chi connectivity index (χ3n) is 5.69. The average molecular weight is 628 g/mol. The molecule has 45 heavy (non-hydrogen) atoms. The number of aryl methyl sites for hydroxylation is 3. The van der Waals surface area contributed by atoms with Crippen LogP contribution in [0.15, 0.2) is 42.5 Å². The number of anilines is 3. The fourth-order valence-electron chi connectivity index (χ4n) is 3.50. The van der Waals surface area contributed by atoms with Gasteiger partial charge in [0.25, 0.3) is 5.69 Å². The van der Waals surface area contributed by atoms with Gasteiger partial charge in [-0.05, 0) is 61.7 Å². The van der Waals surface area contributed by atoms with E-state index in [-0.39, 0.29) is 23.3 Å². The molecule has 0 aromatic heterocycles. The minimum Gasteiger partial charge on any atom is -0.478 e. The van der Waals surface area contributed by atoms with Crippen LogP contribution in [0.25, 0.3) is 0 Å². The van der Waals surface area contributed by atoms with Crippen LogP contribution in [-0.4, -0.2) is 62.3 Å². The number of hydrogen-bond acceptors (Lipinski definition) is 10. The SMILES string of the molecule is Cc1cc([N+](=O)[O-])c(C(=O)O)cc1NC=O.Cc1ccc(C(=O)O)c([N+](=O)[O-])c1NC=O.Cc1ccc(C(=O)O)cc1NC=O. The van der Waals surface area contributed by atoms with Crippen LogP contribution >= 0.6 is 0 Å². The van der Waals surface area contributed by atoms with Crippen LogP contribution in [0.5, 0.6) is 0 Å². The molecule has 236 valence electrons. The Bertz CT molecular complexity index is 1660. The van der Waals surface area contributed by atoms with Crippen molar-refractivity contribution in [3.8, 4) is 0 Å². The number of carbonyl (C=O) groups is 6. The fraction of sp³-hybridized carbons (Fsp3) is 0.111. The number of nitro groups is 2. The zero-order valence-electron chi connectivity index (χ0n) is 23.6. The number of benzene rings is 3. The normalized spacial score (nSPS) is 9.49. The molecule has 0 fully saturated rings. The van der Waals surface area contributed by atoms with Crippen LogP contribution in [0.1, 0.15) is 47.8 Å². The predicted octanol–water partition coefficient (Wildman–Crippen LogP) is 3.60. The first kappa shape index (κ1) is 36.3. The summed E-state index contributed by atoms with van der Waals surface area (Å²) in [6.07, 6.45) is 1.16. The number of aromatic carboxylic acids is 3. The Morgan fingerprint density at radius 1 is 0.644 bits per heavy atom. The van der Waals surface area contributed by atoms with E-state index in [0.29, 0.717) is 29.6 Å². The van der Waals surface area contributed by atoms with E-state index in [1.54, 1.807) is 13.0 Å².